The summed E-state index contributed by atoms with van der Waals surface area (Å²) in [4.78, 5) is 4.51. The molecule has 0 unspecified atom stereocenters. The molecule has 0 saturated heterocycles. The van der Waals surface area contributed by atoms with Gasteiger partial charge in [0, 0.05) is 36.9 Å². The Labute approximate surface area is 102 Å². The molecule has 0 fully saturated rings. The molecular weight excluding hydrogens is 210 g/mol. The Morgan fingerprint density at radius 2 is 1.94 bits per heavy atom. The van der Waals surface area contributed by atoms with Crippen molar-refractivity contribution in [2.24, 2.45) is 0 Å². The maximum Gasteiger partial charge on any atom is 0.102 e. The van der Waals surface area contributed by atoms with Crippen LogP contribution in [0.3, 0.4) is 0 Å². The van der Waals surface area contributed by atoms with Crippen LogP contribution < -0.4 is 4.90 Å². The predicted molar refractivity (Wildman–Crippen MR) is 71.0 cm³/mol. The zero-order valence-corrected chi connectivity index (χ0v) is 10.5. The molecule has 1 aliphatic heterocycles. The summed E-state index contributed by atoms with van der Waals surface area (Å²) >= 11 is 0. The van der Waals surface area contributed by atoms with Gasteiger partial charge < -0.3 is 14.2 Å². The largest absolute Gasteiger partial charge is 0.359 e. The molecule has 1 aliphatic rings. The highest BCUT2D eigenvalue weighted by atomic mass is 15.4. The maximum atomic E-state index is 2.30. The van der Waals surface area contributed by atoms with Crippen LogP contribution in [-0.4, -0.2) is 22.5 Å². The van der Waals surface area contributed by atoms with Crippen LogP contribution in [0.25, 0.3) is 5.52 Å². The normalized spacial score (nSPS) is 19.6. The first kappa shape index (κ1) is 10.3. The van der Waals surface area contributed by atoms with Gasteiger partial charge in [-0.05, 0) is 38.1 Å². The van der Waals surface area contributed by atoms with Gasteiger partial charge in [-0.3, -0.25) is 0 Å². The summed E-state index contributed by atoms with van der Waals surface area (Å²) in [5, 5.41) is 0. The summed E-state index contributed by atoms with van der Waals surface area (Å²) in [6.45, 7) is 4.38. The van der Waals surface area contributed by atoms with Crippen LogP contribution in [0, 0.1) is 6.92 Å². The van der Waals surface area contributed by atoms with E-state index in [0.29, 0.717) is 6.17 Å². The molecule has 17 heavy (non-hydrogen) atoms. The van der Waals surface area contributed by atoms with E-state index in [1.165, 1.54) is 16.9 Å². The average molecular weight is 227 g/mol. The fourth-order valence-electron chi connectivity index (χ4n) is 2.42. The Morgan fingerprint density at radius 3 is 2.65 bits per heavy atom. The molecule has 0 N–H and O–H groups in total. The topological polar surface area (TPSA) is 10.9 Å². The van der Waals surface area contributed by atoms with Crippen LogP contribution in [-0.2, 0) is 0 Å². The van der Waals surface area contributed by atoms with Crippen molar-refractivity contribution in [3.05, 3.63) is 48.6 Å². The molecule has 0 aromatic carbocycles. The molecule has 3 rings (SSSR count). The number of pyridine rings is 1. The van der Waals surface area contributed by atoms with Crippen molar-refractivity contribution in [2.45, 2.75) is 20.0 Å². The quantitative estimate of drug-likeness (QED) is 0.742. The molecule has 0 amide bonds. The van der Waals surface area contributed by atoms with Gasteiger partial charge in [-0.15, -0.1) is 0 Å². The monoisotopic (exact) mass is 227 g/mol. The first-order valence-corrected chi connectivity index (χ1v) is 5.94. The molecule has 3 heteroatoms. The lowest BCUT2D eigenvalue weighted by Gasteiger charge is -2.28. The summed E-state index contributed by atoms with van der Waals surface area (Å²) < 4.78 is 2.23. The Balaban J connectivity index is 2.12. The molecule has 2 aromatic heterocycles. The van der Waals surface area contributed by atoms with Crippen molar-refractivity contribution in [2.75, 3.05) is 11.9 Å². The SMILES string of the molecule is Cc1c(N2C=CN(C)[C@@H]2C)ccc2cccn12. The van der Waals surface area contributed by atoms with E-state index in [1.807, 2.05) is 0 Å². The van der Waals surface area contributed by atoms with Crippen LogP contribution >= 0.6 is 0 Å². The van der Waals surface area contributed by atoms with Crippen LogP contribution in [0.4, 0.5) is 5.69 Å². The first-order valence-electron chi connectivity index (χ1n) is 5.94. The number of hydrogen-bond donors (Lipinski definition) is 0. The summed E-state index contributed by atoms with van der Waals surface area (Å²) in [6, 6.07) is 8.58. The molecule has 0 bridgehead atoms. The maximum absolute atomic E-state index is 2.30. The van der Waals surface area contributed by atoms with E-state index in [0.717, 1.165) is 0 Å². The third-order valence-corrected chi connectivity index (χ3v) is 3.66. The van der Waals surface area contributed by atoms with Crippen molar-refractivity contribution in [1.82, 2.24) is 9.30 Å². The third-order valence-electron chi connectivity index (χ3n) is 3.66. The van der Waals surface area contributed by atoms with Crippen molar-refractivity contribution >= 4 is 11.2 Å². The highest BCUT2D eigenvalue weighted by molar-refractivity contribution is 5.62. The van der Waals surface area contributed by atoms with Gasteiger partial charge in [0.15, 0.2) is 0 Å². The minimum atomic E-state index is 0.377. The van der Waals surface area contributed by atoms with Gasteiger partial charge in [0.25, 0.3) is 0 Å². The van der Waals surface area contributed by atoms with Crippen LogP contribution in [0.15, 0.2) is 42.9 Å². The highest BCUT2D eigenvalue weighted by Gasteiger charge is 2.21. The fourth-order valence-corrected chi connectivity index (χ4v) is 2.42. The van der Waals surface area contributed by atoms with E-state index in [2.05, 4.69) is 78.0 Å². The molecule has 2 aromatic rings. The van der Waals surface area contributed by atoms with E-state index in [1.54, 1.807) is 0 Å². The van der Waals surface area contributed by atoms with Gasteiger partial charge in [0.1, 0.15) is 6.17 Å². The molecule has 88 valence electrons. The number of aromatic nitrogens is 1. The molecule has 3 nitrogen and oxygen atoms in total. The molecule has 0 radical (unpaired) electrons. The summed E-state index contributed by atoms with van der Waals surface area (Å²) in [5.41, 5.74) is 3.79. The molecule has 3 heterocycles. The highest BCUT2D eigenvalue weighted by Crippen LogP contribution is 2.27. The Morgan fingerprint density at radius 1 is 1.12 bits per heavy atom. The summed E-state index contributed by atoms with van der Waals surface area (Å²) in [5.74, 6) is 0. The number of aryl methyl sites for hydroxylation is 1. The van der Waals surface area contributed by atoms with Gasteiger partial charge in [-0.1, -0.05) is 0 Å². The lowest BCUT2D eigenvalue weighted by atomic mass is 10.2. The van der Waals surface area contributed by atoms with E-state index >= 15 is 0 Å². The van der Waals surface area contributed by atoms with Gasteiger partial charge >= 0.3 is 0 Å². The molecule has 0 aliphatic carbocycles. The molecular formula is C14H17N3. The Bertz CT molecular complexity index is 582. The van der Waals surface area contributed by atoms with Gasteiger partial charge in [-0.25, -0.2) is 0 Å². The van der Waals surface area contributed by atoms with Crippen LogP contribution in [0.2, 0.25) is 0 Å². The van der Waals surface area contributed by atoms with E-state index in [4.69, 9.17) is 0 Å². The van der Waals surface area contributed by atoms with Crippen LogP contribution in [0.1, 0.15) is 12.6 Å². The van der Waals surface area contributed by atoms with Crippen molar-refractivity contribution in [3.63, 3.8) is 0 Å². The number of nitrogens with zero attached hydrogens (tertiary/aromatic N) is 3. The molecule has 0 spiro atoms. The number of hydrogen-bond acceptors (Lipinski definition) is 2. The number of fused-ring (bicyclic) bond motifs is 1. The minimum Gasteiger partial charge on any atom is -0.359 e. The van der Waals surface area contributed by atoms with Crippen LogP contribution in [0.5, 0.6) is 0 Å². The van der Waals surface area contributed by atoms with E-state index < -0.39 is 0 Å². The summed E-state index contributed by atoms with van der Waals surface area (Å²) in [6.07, 6.45) is 6.75. The van der Waals surface area contributed by atoms with Crippen molar-refractivity contribution in [3.8, 4) is 0 Å². The minimum absolute atomic E-state index is 0.377. The Kier molecular flexibility index (Phi) is 2.15. The van der Waals surface area contributed by atoms with E-state index in [9.17, 15) is 0 Å². The predicted octanol–water partition coefficient (Wildman–Crippen LogP) is 2.82. The zero-order chi connectivity index (χ0) is 12.0. The smallest absolute Gasteiger partial charge is 0.102 e. The Hall–Kier alpha value is -1.90. The van der Waals surface area contributed by atoms with Crippen molar-refractivity contribution < 1.29 is 0 Å². The lowest BCUT2D eigenvalue weighted by Crippen LogP contribution is -2.34. The molecule has 0 saturated carbocycles. The van der Waals surface area contributed by atoms with E-state index in [-0.39, 0.29) is 0 Å². The van der Waals surface area contributed by atoms with Gasteiger partial charge in [0.2, 0.25) is 0 Å². The lowest BCUT2D eigenvalue weighted by molar-refractivity contribution is 0.382. The summed E-state index contributed by atoms with van der Waals surface area (Å²) in [7, 11) is 2.10. The fraction of sp³-hybridized carbons (Fsp3) is 0.286. The zero-order valence-electron chi connectivity index (χ0n) is 10.5. The third kappa shape index (κ3) is 1.42. The van der Waals surface area contributed by atoms with Gasteiger partial charge in [0.05, 0.1) is 5.69 Å². The number of anilines is 1. The number of rotatable bonds is 1. The van der Waals surface area contributed by atoms with Crippen molar-refractivity contribution in [1.29, 1.82) is 0 Å². The molecule has 1 atom stereocenters. The standard InChI is InChI=1S/C14H17N3/c1-11-14(17-10-9-15(3)12(17)2)7-6-13-5-4-8-16(11)13/h4-10,12H,1-3H3/t12-/m0/s1. The second-order valence-electron chi connectivity index (χ2n) is 4.61. The second kappa shape index (κ2) is 3.55. The van der Waals surface area contributed by atoms with Gasteiger partial charge in [-0.2, -0.15) is 0 Å². The average Bonchev–Trinajstić information content (AvgIpc) is 2.90. The first-order chi connectivity index (χ1) is 8.18. The second-order valence-corrected chi connectivity index (χ2v) is 4.61.